The first kappa shape index (κ1) is 10.4. The summed E-state index contributed by atoms with van der Waals surface area (Å²) in [4.78, 5) is 2.28. The van der Waals surface area contributed by atoms with E-state index in [4.69, 9.17) is 5.11 Å². The summed E-state index contributed by atoms with van der Waals surface area (Å²) in [7, 11) is 0. The molecule has 2 N–H and O–H groups in total. The van der Waals surface area contributed by atoms with Gasteiger partial charge >= 0.3 is 0 Å². The molecular formula is C11H21NO2. The molecule has 0 bridgehead atoms. The van der Waals surface area contributed by atoms with Gasteiger partial charge in [0.25, 0.3) is 0 Å². The number of nitrogens with zero attached hydrogens (tertiary/aromatic N) is 1. The van der Waals surface area contributed by atoms with E-state index in [0.29, 0.717) is 12.0 Å². The highest BCUT2D eigenvalue weighted by atomic mass is 16.3. The van der Waals surface area contributed by atoms with E-state index in [1.54, 1.807) is 0 Å². The predicted octanol–water partition coefficient (Wildman–Crippen LogP) is 0.606. The zero-order valence-corrected chi connectivity index (χ0v) is 8.78. The Morgan fingerprint density at radius 1 is 1.14 bits per heavy atom. The van der Waals surface area contributed by atoms with Gasteiger partial charge in [-0.15, -0.1) is 0 Å². The molecule has 1 saturated carbocycles. The summed E-state index contributed by atoms with van der Waals surface area (Å²) >= 11 is 0. The van der Waals surface area contributed by atoms with Crippen molar-refractivity contribution in [1.82, 2.24) is 4.90 Å². The zero-order chi connectivity index (χ0) is 10.0. The van der Waals surface area contributed by atoms with Crippen LogP contribution in [0.5, 0.6) is 0 Å². The third kappa shape index (κ3) is 2.10. The number of aliphatic hydroxyl groups excluding tert-OH is 2. The second kappa shape index (κ2) is 4.17. The first-order chi connectivity index (χ1) is 6.74. The molecule has 3 heteroatoms. The van der Waals surface area contributed by atoms with Crippen molar-refractivity contribution in [3.63, 3.8) is 0 Å². The van der Waals surface area contributed by atoms with Crippen molar-refractivity contribution < 1.29 is 10.2 Å². The van der Waals surface area contributed by atoms with Crippen LogP contribution in [-0.4, -0.2) is 47.5 Å². The Morgan fingerprint density at radius 3 is 2.21 bits per heavy atom. The molecule has 1 heterocycles. The zero-order valence-electron chi connectivity index (χ0n) is 8.78. The number of β-amino-alcohol motifs (C(OH)–C–C–N with tert-alkyl or cyclic N) is 1. The van der Waals surface area contributed by atoms with Crippen molar-refractivity contribution in [1.29, 1.82) is 0 Å². The molecule has 14 heavy (non-hydrogen) atoms. The van der Waals surface area contributed by atoms with Gasteiger partial charge in [0.1, 0.15) is 0 Å². The third-order valence-corrected chi connectivity index (χ3v) is 4.01. The topological polar surface area (TPSA) is 43.7 Å². The molecule has 1 spiro atoms. The molecular weight excluding hydrogens is 178 g/mol. The second-order valence-corrected chi connectivity index (χ2v) is 4.99. The lowest BCUT2D eigenvalue weighted by Gasteiger charge is -2.48. The number of hydrogen-bond donors (Lipinski definition) is 2. The minimum Gasteiger partial charge on any atom is -0.394 e. The molecule has 1 atom stereocenters. The van der Waals surface area contributed by atoms with Crippen LogP contribution in [0.25, 0.3) is 0 Å². The van der Waals surface area contributed by atoms with E-state index in [2.05, 4.69) is 4.90 Å². The van der Waals surface area contributed by atoms with Crippen LogP contribution in [0.1, 0.15) is 32.1 Å². The first-order valence-corrected chi connectivity index (χ1v) is 5.75. The summed E-state index contributed by atoms with van der Waals surface area (Å²) in [6.45, 7) is 2.75. The smallest absolute Gasteiger partial charge is 0.0897 e. The van der Waals surface area contributed by atoms with Crippen molar-refractivity contribution in [2.24, 2.45) is 5.41 Å². The fourth-order valence-corrected chi connectivity index (χ4v) is 2.74. The summed E-state index contributed by atoms with van der Waals surface area (Å²) in [5, 5.41) is 18.1. The van der Waals surface area contributed by atoms with Crippen molar-refractivity contribution in [2.45, 2.75) is 38.2 Å². The average molecular weight is 199 g/mol. The quantitative estimate of drug-likeness (QED) is 0.700. The minimum absolute atomic E-state index is 0.109. The fraction of sp³-hybridized carbons (Fsp3) is 1.00. The van der Waals surface area contributed by atoms with E-state index in [9.17, 15) is 5.11 Å². The van der Waals surface area contributed by atoms with Gasteiger partial charge < -0.3 is 15.1 Å². The molecule has 1 saturated heterocycles. The maximum Gasteiger partial charge on any atom is 0.0897 e. The summed E-state index contributed by atoms with van der Waals surface area (Å²) in [5.41, 5.74) is 0.681. The van der Waals surface area contributed by atoms with Gasteiger partial charge in [0.05, 0.1) is 12.7 Å². The van der Waals surface area contributed by atoms with Crippen LogP contribution < -0.4 is 0 Å². The van der Waals surface area contributed by atoms with Crippen LogP contribution in [0.2, 0.25) is 0 Å². The third-order valence-electron chi connectivity index (χ3n) is 4.01. The lowest BCUT2D eigenvalue weighted by Crippen LogP contribution is -2.46. The van der Waals surface area contributed by atoms with Crippen molar-refractivity contribution in [3.05, 3.63) is 0 Å². The number of piperidine rings is 1. The van der Waals surface area contributed by atoms with E-state index >= 15 is 0 Å². The van der Waals surface area contributed by atoms with Crippen molar-refractivity contribution >= 4 is 0 Å². The summed E-state index contributed by atoms with van der Waals surface area (Å²) in [5.74, 6) is 0. The predicted molar refractivity (Wildman–Crippen MR) is 55.1 cm³/mol. The van der Waals surface area contributed by atoms with Crippen LogP contribution in [0.4, 0.5) is 0 Å². The summed E-state index contributed by atoms with van der Waals surface area (Å²) < 4.78 is 0. The highest BCUT2D eigenvalue weighted by molar-refractivity contribution is 4.92. The molecule has 0 radical (unpaired) electrons. The van der Waals surface area contributed by atoms with Gasteiger partial charge in [0, 0.05) is 6.54 Å². The SMILES string of the molecule is OCC(O)CN1CCC2(CCC2)CC1. The van der Waals surface area contributed by atoms with Gasteiger partial charge in [-0.25, -0.2) is 0 Å². The van der Waals surface area contributed by atoms with Gasteiger partial charge in [-0.05, 0) is 44.2 Å². The molecule has 0 aromatic carbocycles. The number of rotatable bonds is 3. The Morgan fingerprint density at radius 2 is 1.79 bits per heavy atom. The van der Waals surface area contributed by atoms with E-state index in [1.165, 1.54) is 32.1 Å². The van der Waals surface area contributed by atoms with Crippen LogP contribution >= 0.6 is 0 Å². The fourth-order valence-electron chi connectivity index (χ4n) is 2.74. The van der Waals surface area contributed by atoms with E-state index < -0.39 is 6.10 Å². The number of hydrogen-bond acceptors (Lipinski definition) is 3. The Balaban J connectivity index is 1.73. The van der Waals surface area contributed by atoms with Gasteiger partial charge in [-0.3, -0.25) is 0 Å². The molecule has 2 rings (SSSR count). The van der Waals surface area contributed by atoms with Gasteiger partial charge in [-0.1, -0.05) is 6.42 Å². The molecule has 1 aliphatic carbocycles. The van der Waals surface area contributed by atoms with Gasteiger partial charge in [-0.2, -0.15) is 0 Å². The molecule has 0 aromatic rings. The number of likely N-dealkylation sites (tertiary alicyclic amines) is 1. The Hall–Kier alpha value is -0.120. The Bertz CT molecular complexity index is 182. The summed E-state index contributed by atoms with van der Waals surface area (Å²) in [6, 6.07) is 0. The molecule has 0 amide bonds. The average Bonchev–Trinajstić information content (AvgIpc) is 2.16. The normalized spacial score (nSPS) is 28.7. The van der Waals surface area contributed by atoms with Gasteiger partial charge in [0.15, 0.2) is 0 Å². The van der Waals surface area contributed by atoms with Gasteiger partial charge in [0.2, 0.25) is 0 Å². The molecule has 2 fully saturated rings. The molecule has 1 unspecified atom stereocenters. The number of aliphatic hydroxyl groups is 2. The lowest BCUT2D eigenvalue weighted by atomic mass is 9.63. The monoisotopic (exact) mass is 199 g/mol. The van der Waals surface area contributed by atoms with Crippen molar-refractivity contribution in [2.75, 3.05) is 26.2 Å². The maximum atomic E-state index is 9.32. The minimum atomic E-state index is -0.551. The second-order valence-electron chi connectivity index (χ2n) is 4.99. The molecule has 0 aromatic heterocycles. The Kier molecular flexibility index (Phi) is 3.10. The molecule has 82 valence electrons. The first-order valence-electron chi connectivity index (χ1n) is 5.75. The molecule has 3 nitrogen and oxygen atoms in total. The van der Waals surface area contributed by atoms with Crippen LogP contribution in [-0.2, 0) is 0 Å². The van der Waals surface area contributed by atoms with Crippen LogP contribution in [0, 0.1) is 5.41 Å². The van der Waals surface area contributed by atoms with E-state index in [0.717, 1.165) is 13.1 Å². The van der Waals surface area contributed by atoms with Crippen LogP contribution in [0.3, 0.4) is 0 Å². The highest BCUT2D eigenvalue weighted by Crippen LogP contribution is 2.48. The van der Waals surface area contributed by atoms with Crippen LogP contribution in [0.15, 0.2) is 0 Å². The van der Waals surface area contributed by atoms with Crippen molar-refractivity contribution in [3.8, 4) is 0 Å². The maximum absolute atomic E-state index is 9.32. The largest absolute Gasteiger partial charge is 0.394 e. The lowest BCUT2D eigenvalue weighted by molar-refractivity contribution is 0.00250. The van der Waals surface area contributed by atoms with E-state index in [-0.39, 0.29) is 6.61 Å². The Labute approximate surface area is 85.7 Å². The summed E-state index contributed by atoms with van der Waals surface area (Å²) in [6.07, 6.45) is 6.30. The standard InChI is InChI=1S/C11H21NO2/c13-9-10(14)8-12-6-4-11(5-7-12)2-1-3-11/h10,13-14H,1-9H2. The van der Waals surface area contributed by atoms with E-state index in [1.807, 2.05) is 0 Å². The molecule has 1 aliphatic heterocycles. The highest BCUT2D eigenvalue weighted by Gasteiger charge is 2.39. The molecule has 2 aliphatic rings.